The number of ether oxygens (including phenoxy) is 1. The molecule has 1 N–H and O–H groups in total. The Hall–Kier alpha value is -2.83. The molecule has 0 radical (unpaired) electrons. The van der Waals surface area contributed by atoms with E-state index < -0.39 is 6.04 Å². The minimum absolute atomic E-state index is 0.0522. The van der Waals surface area contributed by atoms with E-state index in [1.54, 1.807) is 6.07 Å². The summed E-state index contributed by atoms with van der Waals surface area (Å²) in [4.78, 5) is 40.0. The van der Waals surface area contributed by atoms with Crippen LogP contribution in [0, 0.1) is 6.92 Å². The molecule has 1 aliphatic rings. The van der Waals surface area contributed by atoms with Crippen molar-refractivity contribution in [3.05, 3.63) is 41.6 Å². The summed E-state index contributed by atoms with van der Waals surface area (Å²) in [6, 6.07) is 5.03. The van der Waals surface area contributed by atoms with E-state index in [0.29, 0.717) is 43.8 Å². The molecule has 0 aliphatic carbocycles. The molecule has 30 heavy (non-hydrogen) atoms. The smallest absolute Gasteiger partial charge is 0.260 e. The molecule has 7 heteroatoms. The summed E-state index contributed by atoms with van der Waals surface area (Å²) in [5.74, 6) is 0.284. The zero-order valence-electron chi connectivity index (χ0n) is 18.3. The predicted molar refractivity (Wildman–Crippen MR) is 116 cm³/mol. The third kappa shape index (κ3) is 6.08. The molecule has 0 saturated carbocycles. The van der Waals surface area contributed by atoms with E-state index in [0.717, 1.165) is 24.0 Å². The second-order valence-electron chi connectivity index (χ2n) is 7.65. The van der Waals surface area contributed by atoms with Gasteiger partial charge in [-0.15, -0.1) is 0 Å². The number of allylic oxidation sites excluding steroid dienone is 1. The fourth-order valence-corrected chi connectivity index (χ4v) is 3.63. The van der Waals surface area contributed by atoms with Crippen molar-refractivity contribution in [3.63, 3.8) is 0 Å². The number of amides is 3. The van der Waals surface area contributed by atoms with Crippen LogP contribution >= 0.6 is 0 Å². The highest BCUT2D eigenvalue weighted by molar-refractivity contribution is 5.86. The highest BCUT2D eigenvalue weighted by atomic mass is 16.5. The van der Waals surface area contributed by atoms with Gasteiger partial charge in [0.05, 0.1) is 6.54 Å². The fraction of sp³-hybridized carbons (Fsp3) is 0.522. The molecule has 7 nitrogen and oxygen atoms in total. The first-order valence-corrected chi connectivity index (χ1v) is 10.6. The van der Waals surface area contributed by atoms with E-state index in [2.05, 4.69) is 11.9 Å². The van der Waals surface area contributed by atoms with Crippen LogP contribution in [0.1, 0.15) is 50.7 Å². The number of nitrogens with one attached hydrogen (secondary N) is 1. The highest BCUT2D eigenvalue weighted by Gasteiger charge is 2.30. The van der Waals surface area contributed by atoms with E-state index in [4.69, 9.17) is 4.74 Å². The molecule has 1 unspecified atom stereocenters. The maximum Gasteiger partial charge on any atom is 0.260 e. The Bertz CT molecular complexity index is 772. The number of rotatable bonds is 11. The largest absolute Gasteiger partial charge is 0.483 e. The second-order valence-corrected chi connectivity index (χ2v) is 7.65. The van der Waals surface area contributed by atoms with Gasteiger partial charge in [0.15, 0.2) is 6.61 Å². The second kappa shape index (κ2) is 11.4. The summed E-state index contributed by atoms with van der Waals surface area (Å²) in [6.07, 6.45) is 3.66. The van der Waals surface area contributed by atoms with Crippen molar-refractivity contribution >= 4 is 18.2 Å². The van der Waals surface area contributed by atoms with Crippen molar-refractivity contribution in [3.8, 4) is 5.75 Å². The number of carbonyl (C=O) groups is 3. The van der Waals surface area contributed by atoms with Gasteiger partial charge >= 0.3 is 0 Å². The zero-order valence-corrected chi connectivity index (χ0v) is 18.3. The molecule has 1 saturated heterocycles. The Morgan fingerprint density at radius 1 is 1.30 bits per heavy atom. The van der Waals surface area contributed by atoms with Crippen molar-refractivity contribution < 1.29 is 19.1 Å². The minimum Gasteiger partial charge on any atom is -0.483 e. The lowest BCUT2D eigenvalue weighted by Gasteiger charge is -2.32. The third-order valence-electron chi connectivity index (χ3n) is 5.26. The molecule has 0 bridgehead atoms. The molecular formula is C23H33N3O4. The van der Waals surface area contributed by atoms with Crippen molar-refractivity contribution in [2.75, 3.05) is 19.7 Å². The minimum atomic E-state index is -0.549. The lowest BCUT2D eigenvalue weighted by atomic mass is 10.0. The molecule has 1 aromatic carbocycles. The van der Waals surface area contributed by atoms with Gasteiger partial charge in [-0.05, 0) is 44.2 Å². The van der Waals surface area contributed by atoms with Crippen LogP contribution in [-0.4, -0.2) is 53.8 Å². The van der Waals surface area contributed by atoms with Crippen LogP contribution in [0.25, 0.3) is 0 Å². The number of piperidine rings is 1. The number of carbonyl (C=O) groups excluding carboxylic acids is 3. The molecule has 1 heterocycles. The number of aryl methyl sites for hydroxylation is 1. The number of hydrogen-bond acceptors (Lipinski definition) is 4. The van der Waals surface area contributed by atoms with E-state index >= 15 is 0 Å². The zero-order chi connectivity index (χ0) is 22.1. The van der Waals surface area contributed by atoms with Crippen molar-refractivity contribution in [1.82, 2.24) is 15.1 Å². The van der Waals surface area contributed by atoms with Crippen LogP contribution in [0.2, 0.25) is 0 Å². The lowest BCUT2D eigenvalue weighted by Crippen LogP contribution is -2.48. The van der Waals surface area contributed by atoms with Gasteiger partial charge in [-0.1, -0.05) is 32.6 Å². The molecule has 0 spiro atoms. The van der Waals surface area contributed by atoms with Gasteiger partial charge in [0, 0.05) is 24.4 Å². The standard InChI is InChI=1S/C23H33N3O4/c1-5-12-25(13-6-2)22(28)15-30-21-9-7-8-17(3)19(21)14-26(16-27)20-11-10-18(4)24-23(20)29/h7-9,16,20H,4-6,10-15H2,1-3H3,(H,24,29). The number of benzene rings is 1. The maximum absolute atomic E-state index is 12.6. The molecular weight excluding hydrogens is 382 g/mol. The van der Waals surface area contributed by atoms with Gasteiger partial charge in [0.25, 0.3) is 5.91 Å². The first kappa shape index (κ1) is 23.4. The molecule has 3 amide bonds. The van der Waals surface area contributed by atoms with Crippen LogP contribution in [0.4, 0.5) is 0 Å². The summed E-state index contributed by atoms with van der Waals surface area (Å²) in [7, 11) is 0. The van der Waals surface area contributed by atoms with Crippen LogP contribution in [-0.2, 0) is 20.9 Å². The van der Waals surface area contributed by atoms with E-state index in [-0.39, 0.29) is 25.0 Å². The average Bonchev–Trinajstić information content (AvgIpc) is 2.72. The van der Waals surface area contributed by atoms with E-state index in [1.807, 2.05) is 37.8 Å². The normalized spacial score (nSPS) is 16.0. The predicted octanol–water partition coefficient (Wildman–Crippen LogP) is 2.77. The van der Waals surface area contributed by atoms with Gasteiger partial charge in [0.2, 0.25) is 12.3 Å². The average molecular weight is 416 g/mol. The van der Waals surface area contributed by atoms with Crippen LogP contribution in [0.3, 0.4) is 0 Å². The monoisotopic (exact) mass is 415 g/mol. The summed E-state index contributed by atoms with van der Waals surface area (Å²) in [6.45, 7) is 11.4. The van der Waals surface area contributed by atoms with Gasteiger partial charge in [0.1, 0.15) is 11.8 Å². The molecule has 1 fully saturated rings. The fourth-order valence-electron chi connectivity index (χ4n) is 3.63. The first-order chi connectivity index (χ1) is 14.4. The quantitative estimate of drug-likeness (QED) is 0.564. The SMILES string of the molecule is C=C1CCC(N(C=O)Cc2c(C)cccc2OCC(=O)N(CCC)CCC)C(=O)N1. The summed E-state index contributed by atoms with van der Waals surface area (Å²) >= 11 is 0. The maximum atomic E-state index is 12.6. The van der Waals surface area contributed by atoms with Crippen LogP contribution < -0.4 is 10.1 Å². The van der Waals surface area contributed by atoms with Gasteiger partial charge in [-0.25, -0.2) is 0 Å². The Kier molecular flexibility index (Phi) is 8.89. The lowest BCUT2D eigenvalue weighted by molar-refractivity contribution is -0.134. The topological polar surface area (TPSA) is 79.0 Å². The van der Waals surface area contributed by atoms with E-state index in [1.165, 1.54) is 4.90 Å². The Morgan fingerprint density at radius 2 is 2.00 bits per heavy atom. The van der Waals surface area contributed by atoms with Crippen LogP contribution in [0.5, 0.6) is 5.75 Å². The molecule has 1 atom stereocenters. The van der Waals surface area contributed by atoms with Gasteiger partial charge < -0.3 is 19.9 Å². The Labute approximate surface area is 179 Å². The molecule has 164 valence electrons. The van der Waals surface area contributed by atoms with Gasteiger partial charge in [-0.3, -0.25) is 14.4 Å². The highest BCUT2D eigenvalue weighted by Crippen LogP contribution is 2.26. The number of nitrogens with zero attached hydrogens (tertiary/aromatic N) is 2. The van der Waals surface area contributed by atoms with Crippen molar-refractivity contribution in [2.24, 2.45) is 0 Å². The Morgan fingerprint density at radius 3 is 2.60 bits per heavy atom. The molecule has 1 aromatic rings. The Balaban J connectivity index is 2.13. The molecule has 2 rings (SSSR count). The van der Waals surface area contributed by atoms with Gasteiger partial charge in [-0.2, -0.15) is 0 Å². The summed E-state index contributed by atoms with van der Waals surface area (Å²) < 4.78 is 5.88. The summed E-state index contributed by atoms with van der Waals surface area (Å²) in [5, 5.41) is 2.72. The van der Waals surface area contributed by atoms with E-state index in [9.17, 15) is 14.4 Å². The van der Waals surface area contributed by atoms with Crippen molar-refractivity contribution in [2.45, 2.75) is 59.0 Å². The third-order valence-corrected chi connectivity index (χ3v) is 5.26. The molecule has 1 aliphatic heterocycles. The van der Waals surface area contributed by atoms with Crippen molar-refractivity contribution in [1.29, 1.82) is 0 Å². The number of hydrogen-bond donors (Lipinski definition) is 1. The molecule has 0 aromatic heterocycles. The summed E-state index contributed by atoms with van der Waals surface area (Å²) in [5.41, 5.74) is 2.41. The first-order valence-electron chi connectivity index (χ1n) is 10.6. The van der Waals surface area contributed by atoms with Crippen LogP contribution in [0.15, 0.2) is 30.5 Å².